The highest BCUT2D eigenvalue weighted by Crippen LogP contribution is 2.22. The van der Waals surface area contributed by atoms with Crippen LogP contribution >= 0.6 is 0 Å². The van der Waals surface area contributed by atoms with Gasteiger partial charge in [-0.05, 0) is 33.2 Å². The van der Waals surface area contributed by atoms with E-state index in [2.05, 4.69) is 35.9 Å². The molecule has 1 atom stereocenters. The second-order valence-electron chi connectivity index (χ2n) is 5.93. The van der Waals surface area contributed by atoms with E-state index in [1.165, 1.54) is 52.1 Å². The summed E-state index contributed by atoms with van der Waals surface area (Å²) in [5.41, 5.74) is 0.363. The Hall–Kier alpha value is -0.120. The number of rotatable bonds is 2. The molecule has 0 aromatic heterocycles. The lowest BCUT2D eigenvalue weighted by molar-refractivity contribution is 0.0726. The summed E-state index contributed by atoms with van der Waals surface area (Å²) in [5, 5.41) is 3.68. The van der Waals surface area contributed by atoms with Gasteiger partial charge in [0, 0.05) is 44.3 Å². The molecule has 3 nitrogen and oxygen atoms in total. The average molecular weight is 225 g/mol. The molecular formula is C13H27N3. The van der Waals surface area contributed by atoms with Crippen molar-refractivity contribution in [3.63, 3.8) is 0 Å². The van der Waals surface area contributed by atoms with E-state index in [1.807, 2.05) is 0 Å². The molecule has 2 fully saturated rings. The Morgan fingerprint density at radius 1 is 1.19 bits per heavy atom. The van der Waals surface area contributed by atoms with Crippen molar-refractivity contribution < 1.29 is 0 Å². The molecule has 2 saturated heterocycles. The van der Waals surface area contributed by atoms with Crippen LogP contribution in [-0.4, -0.2) is 60.6 Å². The zero-order valence-electron chi connectivity index (χ0n) is 11.1. The lowest BCUT2D eigenvalue weighted by Crippen LogP contribution is -2.58. The summed E-state index contributed by atoms with van der Waals surface area (Å²) >= 11 is 0. The van der Waals surface area contributed by atoms with E-state index in [-0.39, 0.29) is 0 Å². The van der Waals surface area contributed by atoms with Crippen LogP contribution in [0.25, 0.3) is 0 Å². The van der Waals surface area contributed by atoms with Gasteiger partial charge in [0.2, 0.25) is 0 Å². The molecule has 0 saturated carbocycles. The minimum absolute atomic E-state index is 0.363. The highest BCUT2D eigenvalue weighted by Gasteiger charge is 2.30. The van der Waals surface area contributed by atoms with Crippen molar-refractivity contribution in [1.82, 2.24) is 15.1 Å². The van der Waals surface area contributed by atoms with Crippen LogP contribution in [0.15, 0.2) is 0 Å². The van der Waals surface area contributed by atoms with Crippen LogP contribution in [0.3, 0.4) is 0 Å². The van der Waals surface area contributed by atoms with Crippen LogP contribution in [0, 0.1) is 0 Å². The number of nitrogens with zero attached hydrogens (tertiary/aromatic N) is 2. The molecule has 0 amide bonds. The fourth-order valence-electron chi connectivity index (χ4n) is 2.87. The predicted octanol–water partition coefficient (Wildman–Crippen LogP) is 1.15. The maximum Gasteiger partial charge on any atom is 0.0222 e. The van der Waals surface area contributed by atoms with E-state index in [1.54, 1.807) is 0 Å². The van der Waals surface area contributed by atoms with Crippen molar-refractivity contribution in [2.75, 3.05) is 39.3 Å². The quantitative estimate of drug-likeness (QED) is 0.761. The summed E-state index contributed by atoms with van der Waals surface area (Å²) in [6.45, 7) is 14.3. The Balaban J connectivity index is 1.78. The van der Waals surface area contributed by atoms with Gasteiger partial charge in [-0.25, -0.2) is 0 Å². The molecule has 2 rings (SSSR count). The van der Waals surface area contributed by atoms with Crippen LogP contribution in [-0.2, 0) is 0 Å². The Morgan fingerprint density at radius 2 is 1.88 bits per heavy atom. The van der Waals surface area contributed by atoms with Gasteiger partial charge in [-0.1, -0.05) is 6.92 Å². The monoisotopic (exact) mass is 225 g/mol. The normalized spacial score (nSPS) is 32.8. The molecule has 16 heavy (non-hydrogen) atoms. The first-order chi connectivity index (χ1) is 7.61. The van der Waals surface area contributed by atoms with E-state index < -0.39 is 0 Å². The lowest BCUT2D eigenvalue weighted by atomic mass is 9.90. The number of piperidine rings is 1. The fraction of sp³-hybridized carbons (Fsp3) is 1.00. The third-order valence-corrected chi connectivity index (χ3v) is 4.29. The van der Waals surface area contributed by atoms with Gasteiger partial charge >= 0.3 is 0 Å². The van der Waals surface area contributed by atoms with Crippen molar-refractivity contribution in [2.45, 2.75) is 45.2 Å². The van der Waals surface area contributed by atoms with E-state index in [4.69, 9.17) is 0 Å². The molecule has 94 valence electrons. The SMILES string of the molecule is CCN1CCN(C2CCC(C)(C)NC2)CC1. The molecule has 0 aromatic carbocycles. The predicted molar refractivity (Wildman–Crippen MR) is 68.8 cm³/mol. The standard InChI is InChI=1S/C13H27N3/c1-4-15-7-9-16(10-8-15)12-5-6-13(2,3)14-11-12/h12,14H,4-11H2,1-3H3. The van der Waals surface area contributed by atoms with E-state index in [9.17, 15) is 0 Å². The molecule has 0 bridgehead atoms. The molecule has 1 unspecified atom stereocenters. The molecule has 0 aliphatic carbocycles. The highest BCUT2D eigenvalue weighted by atomic mass is 15.3. The molecule has 2 aliphatic heterocycles. The molecule has 0 aromatic rings. The third-order valence-electron chi connectivity index (χ3n) is 4.29. The summed E-state index contributed by atoms with van der Waals surface area (Å²) in [6, 6.07) is 0.784. The average Bonchev–Trinajstić information content (AvgIpc) is 2.29. The number of hydrogen-bond donors (Lipinski definition) is 1. The summed E-state index contributed by atoms with van der Waals surface area (Å²) in [4.78, 5) is 5.24. The van der Waals surface area contributed by atoms with Crippen LogP contribution in [0.1, 0.15) is 33.6 Å². The topological polar surface area (TPSA) is 18.5 Å². The second kappa shape index (κ2) is 5.03. The molecule has 1 N–H and O–H groups in total. The third kappa shape index (κ3) is 2.96. The number of nitrogens with one attached hydrogen (secondary N) is 1. The summed E-state index contributed by atoms with van der Waals surface area (Å²) in [7, 11) is 0. The lowest BCUT2D eigenvalue weighted by Gasteiger charge is -2.44. The van der Waals surface area contributed by atoms with Crippen molar-refractivity contribution >= 4 is 0 Å². The number of likely N-dealkylation sites (N-methyl/N-ethyl adjacent to an activating group) is 1. The first-order valence-corrected chi connectivity index (χ1v) is 6.82. The van der Waals surface area contributed by atoms with Crippen molar-refractivity contribution in [3.05, 3.63) is 0 Å². The van der Waals surface area contributed by atoms with E-state index in [0.29, 0.717) is 5.54 Å². The van der Waals surface area contributed by atoms with Crippen LogP contribution in [0.4, 0.5) is 0 Å². The summed E-state index contributed by atoms with van der Waals surface area (Å²) in [6.07, 6.45) is 2.68. The Kier molecular flexibility index (Phi) is 3.88. The second-order valence-corrected chi connectivity index (χ2v) is 5.93. The molecule has 0 spiro atoms. The van der Waals surface area contributed by atoms with Gasteiger partial charge in [0.1, 0.15) is 0 Å². The Labute approximate surface area is 100 Å². The Morgan fingerprint density at radius 3 is 2.38 bits per heavy atom. The van der Waals surface area contributed by atoms with E-state index in [0.717, 1.165) is 6.04 Å². The van der Waals surface area contributed by atoms with Crippen LogP contribution < -0.4 is 5.32 Å². The van der Waals surface area contributed by atoms with Gasteiger partial charge in [0.25, 0.3) is 0 Å². The minimum atomic E-state index is 0.363. The van der Waals surface area contributed by atoms with Gasteiger partial charge in [0.05, 0.1) is 0 Å². The van der Waals surface area contributed by atoms with Crippen molar-refractivity contribution in [1.29, 1.82) is 0 Å². The minimum Gasteiger partial charge on any atom is -0.310 e. The molecule has 2 aliphatic rings. The molecular weight excluding hydrogens is 198 g/mol. The fourth-order valence-corrected chi connectivity index (χ4v) is 2.87. The van der Waals surface area contributed by atoms with Crippen molar-refractivity contribution in [2.24, 2.45) is 0 Å². The smallest absolute Gasteiger partial charge is 0.0222 e. The Bertz CT molecular complexity index is 209. The van der Waals surface area contributed by atoms with Gasteiger partial charge in [-0.3, -0.25) is 4.90 Å². The zero-order chi connectivity index (χ0) is 11.6. The zero-order valence-corrected chi connectivity index (χ0v) is 11.1. The maximum atomic E-state index is 3.68. The molecule has 2 heterocycles. The highest BCUT2D eigenvalue weighted by molar-refractivity contribution is 4.90. The molecule has 0 radical (unpaired) electrons. The van der Waals surface area contributed by atoms with Gasteiger partial charge in [-0.15, -0.1) is 0 Å². The summed E-state index contributed by atoms with van der Waals surface area (Å²) < 4.78 is 0. The first-order valence-electron chi connectivity index (χ1n) is 6.82. The molecule has 3 heteroatoms. The van der Waals surface area contributed by atoms with Gasteiger partial charge in [0.15, 0.2) is 0 Å². The number of hydrogen-bond acceptors (Lipinski definition) is 3. The maximum absolute atomic E-state index is 3.68. The largest absolute Gasteiger partial charge is 0.310 e. The van der Waals surface area contributed by atoms with Crippen molar-refractivity contribution in [3.8, 4) is 0 Å². The van der Waals surface area contributed by atoms with Crippen LogP contribution in [0.5, 0.6) is 0 Å². The van der Waals surface area contributed by atoms with Gasteiger partial charge in [-0.2, -0.15) is 0 Å². The van der Waals surface area contributed by atoms with Crippen LogP contribution in [0.2, 0.25) is 0 Å². The first kappa shape index (κ1) is 12.3. The number of piperazine rings is 1. The summed E-state index contributed by atoms with van der Waals surface area (Å²) in [5.74, 6) is 0. The van der Waals surface area contributed by atoms with Gasteiger partial charge < -0.3 is 10.2 Å². The van der Waals surface area contributed by atoms with E-state index >= 15 is 0 Å².